The summed E-state index contributed by atoms with van der Waals surface area (Å²) in [6.45, 7) is 9.51. The van der Waals surface area contributed by atoms with E-state index >= 15 is 0 Å². The van der Waals surface area contributed by atoms with Crippen molar-refractivity contribution in [2.45, 2.75) is 44.7 Å². The zero-order valence-corrected chi connectivity index (χ0v) is 26.6. The van der Waals surface area contributed by atoms with Gasteiger partial charge in [-0.3, -0.25) is 0 Å². The SMILES string of the molecule is CC1(C)c2ccccc2-c2cc3c(cc21)-c1c(cc(C2=NC(c4ccccc4)N=C(c4ccccc4)N2)c2ccccc12)C3(C)C. The molecule has 3 heteroatoms. The van der Waals surface area contributed by atoms with Crippen LogP contribution < -0.4 is 5.32 Å². The Morgan fingerprint density at radius 2 is 1.04 bits per heavy atom. The Bertz CT molecular complexity index is 2270. The van der Waals surface area contributed by atoms with Gasteiger partial charge in [0.15, 0.2) is 6.17 Å². The average Bonchev–Trinajstić information content (AvgIpc) is 3.46. The number of fused-ring (bicyclic) bond motifs is 8. The van der Waals surface area contributed by atoms with E-state index in [0.29, 0.717) is 0 Å². The first kappa shape index (κ1) is 27.1. The van der Waals surface area contributed by atoms with Crippen LogP contribution >= 0.6 is 0 Å². The summed E-state index contributed by atoms with van der Waals surface area (Å²) in [5.41, 5.74) is 14.0. The van der Waals surface area contributed by atoms with Gasteiger partial charge in [0.05, 0.1) is 0 Å². The van der Waals surface area contributed by atoms with Gasteiger partial charge in [-0.15, -0.1) is 0 Å². The van der Waals surface area contributed by atoms with Crippen molar-refractivity contribution in [3.05, 3.63) is 166 Å². The molecule has 0 amide bonds. The van der Waals surface area contributed by atoms with Gasteiger partial charge >= 0.3 is 0 Å². The summed E-state index contributed by atoms with van der Waals surface area (Å²) in [5.74, 6) is 1.69. The highest BCUT2D eigenvalue weighted by Crippen LogP contribution is 2.57. The number of hydrogen-bond donors (Lipinski definition) is 1. The summed E-state index contributed by atoms with van der Waals surface area (Å²) in [7, 11) is 0. The molecular weight excluding hydrogens is 558 g/mol. The van der Waals surface area contributed by atoms with Gasteiger partial charge in [0, 0.05) is 22.0 Å². The standard InChI is InChI=1S/C43H35N3/c1-42(2)34-22-14-13-20-29(34)31-23-36-33(25-35(31)42)38-30-21-12-11-19-28(30)32(24-37(38)43(36,3)4)41-45-39(26-15-7-5-8-16-26)44-40(46-41)27-17-9-6-10-18-27/h5-25,39H,1-4H3,(H,44,45,46). The van der Waals surface area contributed by atoms with Crippen molar-refractivity contribution in [3.63, 3.8) is 0 Å². The van der Waals surface area contributed by atoms with E-state index in [2.05, 4.69) is 148 Å². The Labute approximate surface area is 270 Å². The van der Waals surface area contributed by atoms with Crippen molar-refractivity contribution in [2.75, 3.05) is 0 Å². The highest BCUT2D eigenvalue weighted by atomic mass is 15.2. The zero-order valence-electron chi connectivity index (χ0n) is 26.6. The van der Waals surface area contributed by atoms with Crippen molar-refractivity contribution in [1.29, 1.82) is 0 Å². The van der Waals surface area contributed by atoms with Crippen molar-refractivity contribution >= 4 is 22.4 Å². The Hall–Kier alpha value is -5.28. The fraction of sp³-hybridized carbons (Fsp3) is 0.163. The maximum Gasteiger partial charge on any atom is 0.169 e. The quantitative estimate of drug-likeness (QED) is 0.218. The molecule has 0 saturated heterocycles. The third kappa shape index (κ3) is 3.78. The molecule has 0 radical (unpaired) electrons. The van der Waals surface area contributed by atoms with Crippen LogP contribution in [0.4, 0.5) is 0 Å². The fourth-order valence-electron chi connectivity index (χ4n) is 8.08. The predicted octanol–water partition coefficient (Wildman–Crippen LogP) is 9.95. The zero-order chi connectivity index (χ0) is 31.2. The Morgan fingerprint density at radius 3 is 1.83 bits per heavy atom. The van der Waals surface area contributed by atoms with Gasteiger partial charge in [-0.05, 0) is 79.0 Å². The van der Waals surface area contributed by atoms with Crippen LogP contribution in [0, 0.1) is 0 Å². The van der Waals surface area contributed by atoms with Gasteiger partial charge in [0.25, 0.3) is 0 Å². The van der Waals surface area contributed by atoms with Crippen LogP contribution in [0.15, 0.2) is 137 Å². The monoisotopic (exact) mass is 593 g/mol. The second-order valence-corrected chi connectivity index (χ2v) is 13.9. The van der Waals surface area contributed by atoms with E-state index in [0.717, 1.165) is 28.4 Å². The highest BCUT2D eigenvalue weighted by molar-refractivity contribution is 6.22. The molecule has 1 N–H and O–H groups in total. The smallest absolute Gasteiger partial charge is 0.169 e. The Morgan fingerprint density at radius 1 is 0.478 bits per heavy atom. The maximum atomic E-state index is 5.28. The molecule has 222 valence electrons. The second-order valence-electron chi connectivity index (χ2n) is 13.9. The van der Waals surface area contributed by atoms with Crippen LogP contribution in [0.3, 0.4) is 0 Å². The molecule has 3 nitrogen and oxygen atoms in total. The van der Waals surface area contributed by atoms with Gasteiger partial charge in [0.2, 0.25) is 0 Å². The lowest BCUT2D eigenvalue weighted by Crippen LogP contribution is -2.36. The van der Waals surface area contributed by atoms with E-state index in [1.807, 2.05) is 12.1 Å². The molecule has 2 aliphatic carbocycles. The van der Waals surface area contributed by atoms with E-state index in [4.69, 9.17) is 9.98 Å². The Kier molecular flexibility index (Phi) is 5.65. The van der Waals surface area contributed by atoms with Crippen LogP contribution in [-0.2, 0) is 10.8 Å². The van der Waals surface area contributed by atoms with Gasteiger partial charge < -0.3 is 5.32 Å². The average molecular weight is 594 g/mol. The van der Waals surface area contributed by atoms with Crippen LogP contribution in [0.1, 0.15) is 72.8 Å². The first-order chi connectivity index (χ1) is 22.3. The van der Waals surface area contributed by atoms with Crippen LogP contribution in [0.25, 0.3) is 33.0 Å². The largest absolute Gasteiger partial charge is 0.324 e. The minimum absolute atomic E-state index is 0.0516. The molecule has 0 saturated carbocycles. The third-order valence-electron chi connectivity index (χ3n) is 10.5. The summed E-state index contributed by atoms with van der Waals surface area (Å²) >= 11 is 0. The molecule has 0 spiro atoms. The van der Waals surface area contributed by atoms with E-state index in [1.54, 1.807) is 0 Å². The van der Waals surface area contributed by atoms with Crippen molar-refractivity contribution in [3.8, 4) is 22.3 Å². The van der Waals surface area contributed by atoms with Crippen molar-refractivity contribution in [2.24, 2.45) is 9.98 Å². The lowest BCUT2D eigenvalue weighted by Gasteiger charge is -2.26. The number of rotatable bonds is 3. The highest BCUT2D eigenvalue weighted by Gasteiger charge is 2.42. The summed E-state index contributed by atoms with van der Waals surface area (Å²) in [6, 6.07) is 46.0. The molecular formula is C43H35N3. The maximum absolute atomic E-state index is 5.28. The van der Waals surface area contributed by atoms with Gasteiger partial charge in [-0.1, -0.05) is 137 Å². The first-order valence-electron chi connectivity index (χ1n) is 16.2. The van der Waals surface area contributed by atoms with Gasteiger partial charge in [0.1, 0.15) is 11.7 Å². The lowest BCUT2D eigenvalue weighted by atomic mass is 9.79. The predicted molar refractivity (Wildman–Crippen MR) is 191 cm³/mol. The molecule has 0 aromatic heterocycles. The molecule has 6 aromatic rings. The van der Waals surface area contributed by atoms with E-state index in [9.17, 15) is 0 Å². The van der Waals surface area contributed by atoms with Crippen LogP contribution in [0.2, 0.25) is 0 Å². The molecule has 6 aromatic carbocycles. The minimum Gasteiger partial charge on any atom is -0.324 e. The molecule has 3 aliphatic rings. The molecule has 1 aliphatic heterocycles. The molecule has 0 bridgehead atoms. The van der Waals surface area contributed by atoms with Crippen LogP contribution in [-0.4, -0.2) is 11.7 Å². The van der Waals surface area contributed by atoms with Crippen molar-refractivity contribution < 1.29 is 0 Å². The molecule has 1 heterocycles. The topological polar surface area (TPSA) is 36.8 Å². The normalized spacial score (nSPS) is 18.1. The van der Waals surface area contributed by atoms with Gasteiger partial charge in [-0.25, -0.2) is 9.98 Å². The second kappa shape index (κ2) is 9.61. The molecule has 1 atom stereocenters. The number of nitrogens with zero attached hydrogens (tertiary/aromatic N) is 2. The molecule has 9 rings (SSSR count). The summed E-state index contributed by atoms with van der Waals surface area (Å²) in [6.07, 6.45) is -0.338. The summed E-state index contributed by atoms with van der Waals surface area (Å²) < 4.78 is 0. The number of benzene rings is 6. The van der Waals surface area contributed by atoms with Crippen molar-refractivity contribution in [1.82, 2.24) is 5.32 Å². The number of hydrogen-bond acceptors (Lipinski definition) is 3. The van der Waals surface area contributed by atoms with Gasteiger partial charge in [-0.2, -0.15) is 0 Å². The molecule has 46 heavy (non-hydrogen) atoms. The van der Waals surface area contributed by atoms with E-state index in [1.165, 1.54) is 55.3 Å². The first-order valence-corrected chi connectivity index (χ1v) is 16.2. The summed E-state index contributed by atoms with van der Waals surface area (Å²) in [4.78, 5) is 10.4. The fourth-order valence-corrected chi connectivity index (χ4v) is 8.08. The Balaban J connectivity index is 1.26. The van der Waals surface area contributed by atoms with Crippen LogP contribution in [0.5, 0.6) is 0 Å². The lowest BCUT2D eigenvalue weighted by molar-refractivity contribution is 0.652. The number of nitrogens with one attached hydrogen (secondary N) is 1. The van der Waals surface area contributed by atoms with E-state index < -0.39 is 0 Å². The molecule has 0 fully saturated rings. The third-order valence-corrected chi connectivity index (χ3v) is 10.5. The number of amidine groups is 2. The minimum atomic E-state index is -0.338. The summed E-state index contributed by atoms with van der Waals surface area (Å²) in [5, 5.41) is 6.13. The van der Waals surface area contributed by atoms with E-state index in [-0.39, 0.29) is 17.0 Å². The molecule has 1 unspecified atom stereocenters. The number of aliphatic imine (C=N–C) groups is 2.